The van der Waals surface area contributed by atoms with Gasteiger partial charge in [0.15, 0.2) is 0 Å². The normalized spacial score (nSPS) is 17.0. The maximum absolute atomic E-state index is 12.5. The van der Waals surface area contributed by atoms with Gasteiger partial charge in [-0.05, 0) is 43.2 Å². The smallest absolute Gasteiger partial charge is 0.227 e. The van der Waals surface area contributed by atoms with Gasteiger partial charge in [0.25, 0.3) is 0 Å². The maximum atomic E-state index is 12.5. The molecule has 1 saturated heterocycles. The zero-order valence-electron chi connectivity index (χ0n) is 12.5. The van der Waals surface area contributed by atoms with Crippen molar-refractivity contribution in [3.63, 3.8) is 0 Å². The van der Waals surface area contributed by atoms with E-state index < -0.39 is 0 Å². The molecule has 1 heterocycles. The average molecular weight is 274 g/mol. The number of benzene rings is 1. The average Bonchev–Trinajstić information content (AvgIpc) is 2.53. The Labute approximate surface area is 122 Å². The van der Waals surface area contributed by atoms with E-state index in [1.54, 1.807) is 0 Å². The fourth-order valence-electron chi connectivity index (χ4n) is 2.84. The van der Waals surface area contributed by atoms with Crippen LogP contribution < -0.4 is 5.73 Å². The first-order valence-corrected chi connectivity index (χ1v) is 7.81. The predicted molar refractivity (Wildman–Crippen MR) is 82.5 cm³/mol. The summed E-state index contributed by atoms with van der Waals surface area (Å²) in [5.74, 6) is 0.173. The van der Waals surface area contributed by atoms with Crippen LogP contribution in [0, 0.1) is 5.92 Å². The maximum Gasteiger partial charge on any atom is 0.227 e. The Balaban J connectivity index is 1.97. The summed E-state index contributed by atoms with van der Waals surface area (Å²) in [5.41, 5.74) is 8.38. The number of amides is 1. The fourth-order valence-corrected chi connectivity index (χ4v) is 2.84. The summed E-state index contributed by atoms with van der Waals surface area (Å²) < 4.78 is 0. The molecule has 1 aliphatic heterocycles. The molecule has 1 unspecified atom stereocenters. The van der Waals surface area contributed by atoms with Gasteiger partial charge in [-0.1, -0.05) is 31.2 Å². The molecule has 0 bridgehead atoms. The quantitative estimate of drug-likeness (QED) is 0.896. The minimum atomic E-state index is -0.0689. The highest BCUT2D eigenvalue weighted by Crippen LogP contribution is 2.16. The summed E-state index contributed by atoms with van der Waals surface area (Å²) in [4.78, 5) is 14.5. The van der Waals surface area contributed by atoms with Crippen molar-refractivity contribution in [2.45, 2.75) is 39.0 Å². The van der Waals surface area contributed by atoms with Crippen LogP contribution in [0.15, 0.2) is 24.3 Å². The second kappa shape index (κ2) is 7.44. The summed E-state index contributed by atoms with van der Waals surface area (Å²) in [6.45, 7) is 4.40. The van der Waals surface area contributed by atoms with Gasteiger partial charge in [0.2, 0.25) is 5.91 Å². The Kier molecular flexibility index (Phi) is 5.60. The van der Waals surface area contributed by atoms with Gasteiger partial charge in [-0.2, -0.15) is 0 Å². The number of hydrogen-bond donors (Lipinski definition) is 1. The molecule has 1 aliphatic rings. The Morgan fingerprint density at radius 2 is 1.75 bits per heavy atom. The van der Waals surface area contributed by atoms with E-state index in [0.717, 1.165) is 38.8 Å². The van der Waals surface area contributed by atoms with Crippen molar-refractivity contribution in [2.24, 2.45) is 11.7 Å². The highest BCUT2D eigenvalue weighted by Gasteiger charge is 2.24. The summed E-state index contributed by atoms with van der Waals surface area (Å²) in [6, 6.07) is 8.55. The molecule has 20 heavy (non-hydrogen) atoms. The summed E-state index contributed by atoms with van der Waals surface area (Å²) in [7, 11) is 0. The van der Waals surface area contributed by atoms with Gasteiger partial charge < -0.3 is 10.6 Å². The van der Waals surface area contributed by atoms with E-state index in [1.165, 1.54) is 17.5 Å². The Morgan fingerprint density at radius 1 is 1.15 bits per heavy atom. The van der Waals surface area contributed by atoms with Crippen molar-refractivity contribution in [3.05, 3.63) is 35.4 Å². The number of likely N-dealkylation sites (tertiary alicyclic amines) is 1. The lowest BCUT2D eigenvalue weighted by molar-refractivity contribution is -0.136. The zero-order chi connectivity index (χ0) is 14.4. The van der Waals surface area contributed by atoms with Crippen LogP contribution in [0.3, 0.4) is 0 Å². The Bertz CT molecular complexity index is 421. The highest BCUT2D eigenvalue weighted by atomic mass is 16.2. The topological polar surface area (TPSA) is 46.3 Å². The molecule has 1 aromatic carbocycles. The van der Waals surface area contributed by atoms with Gasteiger partial charge in [-0.25, -0.2) is 0 Å². The van der Waals surface area contributed by atoms with E-state index in [4.69, 9.17) is 5.73 Å². The van der Waals surface area contributed by atoms with Crippen LogP contribution in [0.4, 0.5) is 0 Å². The van der Waals surface area contributed by atoms with Gasteiger partial charge in [-0.3, -0.25) is 4.79 Å². The van der Waals surface area contributed by atoms with Crippen molar-refractivity contribution >= 4 is 5.91 Å². The molecule has 1 fully saturated rings. The largest absolute Gasteiger partial charge is 0.342 e. The standard InChI is InChI=1S/C17H26N2O/c1-2-14-6-8-15(9-7-14)12-16(13-18)17(20)19-10-4-3-5-11-19/h6-9,16H,2-5,10-13,18H2,1H3. The van der Waals surface area contributed by atoms with Gasteiger partial charge in [0, 0.05) is 19.6 Å². The molecule has 1 atom stereocenters. The molecule has 0 aromatic heterocycles. The van der Waals surface area contributed by atoms with Crippen LogP contribution in [0.25, 0.3) is 0 Å². The molecule has 1 amide bonds. The third kappa shape index (κ3) is 3.83. The third-order valence-electron chi connectivity index (χ3n) is 4.21. The number of hydrogen-bond acceptors (Lipinski definition) is 2. The van der Waals surface area contributed by atoms with Crippen LogP contribution in [-0.4, -0.2) is 30.4 Å². The SMILES string of the molecule is CCc1ccc(CC(CN)C(=O)N2CCCCC2)cc1. The van der Waals surface area contributed by atoms with E-state index in [-0.39, 0.29) is 11.8 Å². The minimum Gasteiger partial charge on any atom is -0.342 e. The van der Waals surface area contributed by atoms with Crippen LogP contribution in [-0.2, 0) is 17.6 Å². The van der Waals surface area contributed by atoms with Gasteiger partial charge in [0.1, 0.15) is 0 Å². The van der Waals surface area contributed by atoms with Crippen LogP contribution in [0.1, 0.15) is 37.3 Å². The van der Waals surface area contributed by atoms with Crippen molar-refractivity contribution in [1.29, 1.82) is 0 Å². The Hall–Kier alpha value is -1.35. The number of carbonyl (C=O) groups excluding carboxylic acids is 1. The van der Waals surface area contributed by atoms with Crippen LogP contribution in [0.2, 0.25) is 0 Å². The molecule has 0 aliphatic carbocycles. The van der Waals surface area contributed by atoms with E-state index in [9.17, 15) is 4.79 Å². The number of aryl methyl sites for hydroxylation is 1. The lowest BCUT2D eigenvalue weighted by atomic mass is 9.96. The molecule has 3 heteroatoms. The lowest BCUT2D eigenvalue weighted by Crippen LogP contribution is -2.42. The van der Waals surface area contributed by atoms with Gasteiger partial charge in [-0.15, -0.1) is 0 Å². The Morgan fingerprint density at radius 3 is 2.30 bits per heavy atom. The summed E-state index contributed by atoms with van der Waals surface area (Å²) >= 11 is 0. The number of rotatable bonds is 5. The molecule has 110 valence electrons. The molecule has 2 rings (SSSR count). The highest BCUT2D eigenvalue weighted by molar-refractivity contribution is 5.79. The number of nitrogens with zero attached hydrogens (tertiary/aromatic N) is 1. The molecular formula is C17H26N2O. The second-order valence-electron chi connectivity index (χ2n) is 5.69. The van der Waals surface area contributed by atoms with Crippen molar-refractivity contribution in [2.75, 3.05) is 19.6 Å². The molecular weight excluding hydrogens is 248 g/mol. The van der Waals surface area contributed by atoms with Crippen molar-refractivity contribution in [3.8, 4) is 0 Å². The van der Waals surface area contributed by atoms with E-state index in [1.807, 2.05) is 4.90 Å². The first kappa shape index (κ1) is 15.0. The molecule has 0 radical (unpaired) electrons. The molecule has 0 saturated carbocycles. The first-order valence-electron chi connectivity index (χ1n) is 7.81. The van der Waals surface area contributed by atoms with Crippen LogP contribution >= 0.6 is 0 Å². The molecule has 3 nitrogen and oxygen atoms in total. The van der Waals surface area contributed by atoms with E-state index in [0.29, 0.717) is 6.54 Å². The van der Waals surface area contributed by atoms with Crippen LogP contribution in [0.5, 0.6) is 0 Å². The predicted octanol–water partition coefficient (Wildman–Crippen LogP) is 2.38. The number of nitrogens with two attached hydrogens (primary N) is 1. The molecule has 1 aromatic rings. The van der Waals surface area contributed by atoms with Gasteiger partial charge >= 0.3 is 0 Å². The van der Waals surface area contributed by atoms with Crippen molar-refractivity contribution < 1.29 is 4.79 Å². The monoisotopic (exact) mass is 274 g/mol. The molecule has 2 N–H and O–H groups in total. The molecule has 0 spiro atoms. The summed E-state index contributed by atoms with van der Waals surface area (Å²) in [6.07, 6.45) is 5.32. The number of piperidine rings is 1. The zero-order valence-corrected chi connectivity index (χ0v) is 12.5. The van der Waals surface area contributed by atoms with E-state index >= 15 is 0 Å². The van der Waals surface area contributed by atoms with Gasteiger partial charge in [0.05, 0.1) is 5.92 Å². The second-order valence-corrected chi connectivity index (χ2v) is 5.69. The van der Waals surface area contributed by atoms with Crippen molar-refractivity contribution in [1.82, 2.24) is 4.90 Å². The summed E-state index contributed by atoms with van der Waals surface area (Å²) in [5, 5.41) is 0. The van der Waals surface area contributed by atoms with E-state index in [2.05, 4.69) is 31.2 Å². The lowest BCUT2D eigenvalue weighted by Gasteiger charge is -2.30. The fraction of sp³-hybridized carbons (Fsp3) is 0.588. The minimum absolute atomic E-state index is 0.0689. The first-order chi connectivity index (χ1) is 9.74. The number of carbonyl (C=O) groups is 1. The third-order valence-corrected chi connectivity index (χ3v) is 4.21.